The molecule has 1 aromatic carbocycles. The Morgan fingerprint density at radius 1 is 0.893 bits per heavy atom. The third-order valence-electron chi connectivity index (χ3n) is 4.46. The molecule has 0 spiro atoms. The van der Waals surface area contributed by atoms with Gasteiger partial charge >= 0.3 is 0 Å². The van der Waals surface area contributed by atoms with Gasteiger partial charge in [0.25, 0.3) is 0 Å². The van der Waals surface area contributed by atoms with Crippen LogP contribution in [0.15, 0.2) is 24.3 Å². The van der Waals surface area contributed by atoms with Crippen LogP contribution in [-0.4, -0.2) is 42.3 Å². The van der Waals surface area contributed by atoms with Gasteiger partial charge in [0.2, 0.25) is 17.7 Å². The molecule has 0 heterocycles. The lowest BCUT2D eigenvalue weighted by Crippen LogP contribution is -2.43. The van der Waals surface area contributed by atoms with Gasteiger partial charge in [0.15, 0.2) is 0 Å². The van der Waals surface area contributed by atoms with Crippen LogP contribution in [0.1, 0.15) is 64.4 Å². The van der Waals surface area contributed by atoms with E-state index in [-0.39, 0.29) is 30.8 Å². The number of carbonyl (C=O) groups is 3. The quantitative estimate of drug-likeness (QED) is 0.506. The molecule has 0 radical (unpaired) electrons. The zero-order valence-electron chi connectivity index (χ0n) is 17.6. The van der Waals surface area contributed by atoms with Crippen molar-refractivity contribution < 1.29 is 14.4 Å². The minimum absolute atomic E-state index is 0.000551. The first-order valence-electron chi connectivity index (χ1n) is 10.4. The second kappa shape index (κ2) is 13.7. The lowest BCUT2D eigenvalue weighted by Gasteiger charge is -2.21. The van der Waals surface area contributed by atoms with E-state index in [0.717, 1.165) is 31.2 Å². The summed E-state index contributed by atoms with van der Waals surface area (Å²) in [5, 5.41) is 5.33. The minimum Gasteiger partial charge on any atom is -0.345 e. The lowest BCUT2D eigenvalue weighted by atomic mass is 10.1. The van der Waals surface area contributed by atoms with E-state index in [4.69, 9.17) is 0 Å². The topological polar surface area (TPSA) is 78.5 Å². The van der Waals surface area contributed by atoms with Crippen molar-refractivity contribution >= 4 is 23.4 Å². The van der Waals surface area contributed by atoms with Crippen molar-refractivity contribution in [1.29, 1.82) is 0 Å². The van der Waals surface area contributed by atoms with Gasteiger partial charge in [-0.25, -0.2) is 0 Å². The van der Waals surface area contributed by atoms with Crippen molar-refractivity contribution in [3.8, 4) is 0 Å². The molecule has 0 bridgehead atoms. The Kier molecular flexibility index (Phi) is 11.6. The molecule has 6 nitrogen and oxygen atoms in total. The molecule has 0 aliphatic rings. The van der Waals surface area contributed by atoms with Crippen LogP contribution in [0, 0.1) is 6.92 Å². The zero-order chi connectivity index (χ0) is 20.8. The average molecular weight is 390 g/mol. The normalized spacial score (nSPS) is 10.4. The highest BCUT2D eigenvalue weighted by atomic mass is 16.2. The third-order valence-corrected chi connectivity index (χ3v) is 4.46. The van der Waals surface area contributed by atoms with Crippen molar-refractivity contribution in [1.82, 2.24) is 10.2 Å². The number of amides is 3. The fraction of sp³-hybridized carbons (Fsp3) is 0.591. The van der Waals surface area contributed by atoms with Gasteiger partial charge in [0.05, 0.1) is 13.1 Å². The van der Waals surface area contributed by atoms with E-state index >= 15 is 0 Å². The number of benzene rings is 1. The number of aryl methyl sites for hydroxylation is 1. The van der Waals surface area contributed by atoms with Crippen LogP contribution in [0.5, 0.6) is 0 Å². The predicted molar refractivity (Wildman–Crippen MR) is 113 cm³/mol. The molecule has 6 heteroatoms. The molecule has 156 valence electrons. The van der Waals surface area contributed by atoms with Gasteiger partial charge < -0.3 is 15.5 Å². The molecule has 1 aromatic rings. The summed E-state index contributed by atoms with van der Waals surface area (Å²) in [6.45, 7) is 6.55. The highest BCUT2D eigenvalue weighted by Crippen LogP contribution is 2.09. The van der Waals surface area contributed by atoms with Crippen molar-refractivity contribution in [2.75, 3.05) is 25.0 Å². The van der Waals surface area contributed by atoms with Gasteiger partial charge in [-0.1, -0.05) is 57.2 Å². The van der Waals surface area contributed by atoms with Gasteiger partial charge in [-0.2, -0.15) is 0 Å². The molecule has 0 unspecified atom stereocenters. The third kappa shape index (κ3) is 10.1. The molecule has 0 atom stereocenters. The van der Waals surface area contributed by atoms with Crippen LogP contribution in [0.3, 0.4) is 0 Å². The van der Waals surface area contributed by atoms with Crippen molar-refractivity contribution in [2.45, 2.75) is 65.7 Å². The van der Waals surface area contributed by atoms with E-state index in [1.807, 2.05) is 38.1 Å². The number of nitrogens with zero attached hydrogens (tertiary/aromatic N) is 1. The molecular formula is C22H35N3O3. The number of unbranched alkanes of at least 4 members (excludes halogenated alkanes) is 4. The average Bonchev–Trinajstić information content (AvgIpc) is 2.67. The summed E-state index contributed by atoms with van der Waals surface area (Å²) in [7, 11) is 0. The lowest BCUT2D eigenvalue weighted by molar-refractivity contribution is -0.136. The van der Waals surface area contributed by atoms with Crippen LogP contribution < -0.4 is 10.6 Å². The molecule has 28 heavy (non-hydrogen) atoms. The van der Waals surface area contributed by atoms with Crippen LogP contribution in [0.4, 0.5) is 5.69 Å². The first kappa shape index (κ1) is 23.7. The first-order chi connectivity index (χ1) is 13.5. The van der Waals surface area contributed by atoms with E-state index in [2.05, 4.69) is 17.6 Å². The first-order valence-corrected chi connectivity index (χ1v) is 10.4. The van der Waals surface area contributed by atoms with Crippen molar-refractivity contribution in [3.63, 3.8) is 0 Å². The van der Waals surface area contributed by atoms with Gasteiger partial charge in [0, 0.05) is 18.7 Å². The van der Waals surface area contributed by atoms with E-state index in [1.165, 1.54) is 12.8 Å². The fourth-order valence-corrected chi connectivity index (χ4v) is 2.85. The van der Waals surface area contributed by atoms with Gasteiger partial charge in [0.1, 0.15) is 0 Å². The number of carbonyl (C=O) groups excluding carboxylic acids is 3. The standard InChI is InChI=1S/C22H35N3O3/c1-4-6-7-8-9-10-22(28)25(15-5-2)17-21(27)23-16-20(26)24-19-13-11-18(3)12-14-19/h11-14H,4-10,15-17H2,1-3H3,(H,23,27)(H,24,26). The Hall–Kier alpha value is -2.37. The number of hydrogen-bond donors (Lipinski definition) is 2. The van der Waals surface area contributed by atoms with Crippen LogP contribution >= 0.6 is 0 Å². The molecular weight excluding hydrogens is 354 g/mol. The molecule has 0 fully saturated rings. The maximum absolute atomic E-state index is 12.4. The summed E-state index contributed by atoms with van der Waals surface area (Å²) >= 11 is 0. The summed E-state index contributed by atoms with van der Waals surface area (Å²) < 4.78 is 0. The van der Waals surface area contributed by atoms with Crippen molar-refractivity contribution in [3.05, 3.63) is 29.8 Å². The Morgan fingerprint density at radius 2 is 1.57 bits per heavy atom. The summed E-state index contributed by atoms with van der Waals surface area (Å²) in [6.07, 6.45) is 6.69. The predicted octanol–water partition coefficient (Wildman–Crippen LogP) is 3.65. The largest absolute Gasteiger partial charge is 0.345 e. The Labute approximate surface area is 169 Å². The second-order valence-electron chi connectivity index (χ2n) is 7.17. The van der Waals surface area contributed by atoms with Crippen LogP contribution in [-0.2, 0) is 14.4 Å². The minimum atomic E-state index is -0.313. The molecule has 0 aromatic heterocycles. The van der Waals surface area contributed by atoms with E-state index < -0.39 is 0 Å². The summed E-state index contributed by atoms with van der Waals surface area (Å²) in [5.41, 5.74) is 1.80. The van der Waals surface area contributed by atoms with E-state index in [1.54, 1.807) is 4.90 Å². The monoisotopic (exact) mass is 389 g/mol. The number of nitrogens with one attached hydrogen (secondary N) is 2. The van der Waals surface area contributed by atoms with E-state index in [9.17, 15) is 14.4 Å². The maximum Gasteiger partial charge on any atom is 0.243 e. The molecule has 3 amide bonds. The molecule has 2 N–H and O–H groups in total. The summed E-state index contributed by atoms with van der Waals surface area (Å²) in [5.74, 6) is -0.592. The number of anilines is 1. The summed E-state index contributed by atoms with van der Waals surface area (Å²) in [4.78, 5) is 38.1. The Balaban J connectivity index is 2.36. The SMILES string of the molecule is CCCCCCCC(=O)N(CCC)CC(=O)NCC(=O)Nc1ccc(C)cc1. The maximum atomic E-state index is 12.4. The highest BCUT2D eigenvalue weighted by molar-refractivity contribution is 5.95. The number of hydrogen-bond acceptors (Lipinski definition) is 3. The smallest absolute Gasteiger partial charge is 0.243 e. The zero-order valence-corrected chi connectivity index (χ0v) is 17.6. The fourth-order valence-electron chi connectivity index (χ4n) is 2.85. The van der Waals surface area contributed by atoms with E-state index in [0.29, 0.717) is 18.7 Å². The van der Waals surface area contributed by atoms with Gasteiger partial charge in [-0.05, 0) is 31.9 Å². The van der Waals surface area contributed by atoms with Crippen LogP contribution in [0.25, 0.3) is 0 Å². The molecule has 0 saturated carbocycles. The van der Waals surface area contributed by atoms with Gasteiger partial charge in [-0.15, -0.1) is 0 Å². The van der Waals surface area contributed by atoms with Crippen LogP contribution in [0.2, 0.25) is 0 Å². The molecule has 0 aliphatic carbocycles. The highest BCUT2D eigenvalue weighted by Gasteiger charge is 2.16. The second-order valence-corrected chi connectivity index (χ2v) is 7.17. The Bertz CT molecular complexity index is 614. The van der Waals surface area contributed by atoms with Crippen molar-refractivity contribution in [2.24, 2.45) is 0 Å². The number of rotatable bonds is 13. The molecule has 1 rings (SSSR count). The molecule has 0 saturated heterocycles. The van der Waals surface area contributed by atoms with Gasteiger partial charge in [-0.3, -0.25) is 14.4 Å². The summed E-state index contributed by atoms with van der Waals surface area (Å²) in [6, 6.07) is 7.45. The Morgan fingerprint density at radius 3 is 2.21 bits per heavy atom. The molecule has 0 aliphatic heterocycles.